The highest BCUT2D eigenvalue weighted by Gasteiger charge is 2.38. The molecule has 0 aliphatic heterocycles. The third kappa shape index (κ3) is 2.40. The summed E-state index contributed by atoms with van der Waals surface area (Å²) >= 11 is 7.02. The van der Waals surface area contributed by atoms with E-state index in [1.807, 2.05) is 36.4 Å². The van der Waals surface area contributed by atoms with Crippen LogP contribution in [0.25, 0.3) is 5.57 Å². The van der Waals surface area contributed by atoms with Gasteiger partial charge in [-0.15, -0.1) is 0 Å². The van der Waals surface area contributed by atoms with Crippen LogP contribution in [0.15, 0.2) is 40.9 Å². The second-order valence-electron chi connectivity index (χ2n) is 4.14. The maximum Gasteiger partial charge on any atom is 0.165 e. The van der Waals surface area contributed by atoms with Gasteiger partial charge >= 0.3 is 0 Å². The second kappa shape index (κ2) is 5.17. The Morgan fingerprint density at radius 2 is 1.89 bits per heavy atom. The van der Waals surface area contributed by atoms with Gasteiger partial charge in [-0.3, -0.25) is 5.73 Å². The fraction of sp³-hybridized carbons (Fsp3) is 0.231. The molecule has 0 saturated carbocycles. The zero-order chi connectivity index (χ0) is 13.3. The molecule has 1 aliphatic rings. The fourth-order valence-corrected chi connectivity index (χ4v) is 3.46. The van der Waals surface area contributed by atoms with Gasteiger partial charge in [0.15, 0.2) is 5.72 Å². The Balaban J connectivity index is 2.38. The maximum absolute atomic E-state index is 6.16. The average Bonchev–Trinajstić information content (AvgIpc) is 2.36. The van der Waals surface area contributed by atoms with Crippen LogP contribution in [0.2, 0.25) is 0 Å². The SMILES string of the molecule is COC1(N)C(Br)=CC(c2ccc(N)cc2)=CC1Br. The highest BCUT2D eigenvalue weighted by Crippen LogP contribution is 2.38. The monoisotopic (exact) mass is 372 g/mol. The lowest BCUT2D eigenvalue weighted by Crippen LogP contribution is -2.50. The predicted octanol–water partition coefficient (Wildman–Crippen LogP) is 3.01. The molecule has 2 rings (SSSR count). The number of methoxy groups -OCH3 is 1. The highest BCUT2D eigenvalue weighted by atomic mass is 79.9. The van der Waals surface area contributed by atoms with E-state index >= 15 is 0 Å². The van der Waals surface area contributed by atoms with Gasteiger partial charge in [0.25, 0.3) is 0 Å². The first-order chi connectivity index (χ1) is 8.47. The summed E-state index contributed by atoms with van der Waals surface area (Å²) in [6.45, 7) is 0. The van der Waals surface area contributed by atoms with E-state index in [1.165, 1.54) is 0 Å². The van der Waals surface area contributed by atoms with Crippen molar-refractivity contribution in [2.45, 2.75) is 10.6 Å². The van der Waals surface area contributed by atoms with Crippen LogP contribution in [0.4, 0.5) is 5.69 Å². The van der Waals surface area contributed by atoms with Gasteiger partial charge in [0.1, 0.15) is 0 Å². The fourth-order valence-electron chi connectivity index (χ4n) is 1.78. The van der Waals surface area contributed by atoms with E-state index in [1.54, 1.807) is 7.11 Å². The van der Waals surface area contributed by atoms with Crippen molar-refractivity contribution in [1.29, 1.82) is 0 Å². The van der Waals surface area contributed by atoms with Crippen LogP contribution < -0.4 is 11.5 Å². The first kappa shape index (κ1) is 13.8. The quantitative estimate of drug-likeness (QED) is 0.476. The Morgan fingerprint density at radius 1 is 1.28 bits per heavy atom. The molecule has 0 heterocycles. The molecule has 1 aromatic rings. The minimum atomic E-state index is -0.864. The van der Waals surface area contributed by atoms with E-state index in [0.29, 0.717) is 0 Å². The van der Waals surface area contributed by atoms with Crippen molar-refractivity contribution in [1.82, 2.24) is 0 Å². The summed E-state index contributed by atoms with van der Waals surface area (Å²) in [6.07, 6.45) is 3.99. The molecule has 2 unspecified atom stereocenters. The molecule has 0 bridgehead atoms. The van der Waals surface area contributed by atoms with Gasteiger partial charge in [-0.2, -0.15) is 0 Å². The first-order valence-electron chi connectivity index (χ1n) is 5.41. The van der Waals surface area contributed by atoms with Crippen molar-refractivity contribution in [3.8, 4) is 0 Å². The lowest BCUT2D eigenvalue weighted by Gasteiger charge is -2.34. The van der Waals surface area contributed by atoms with E-state index in [0.717, 1.165) is 21.3 Å². The van der Waals surface area contributed by atoms with E-state index in [4.69, 9.17) is 16.2 Å². The van der Waals surface area contributed by atoms with Gasteiger partial charge in [-0.1, -0.05) is 50.1 Å². The molecule has 0 aromatic heterocycles. The van der Waals surface area contributed by atoms with E-state index < -0.39 is 5.72 Å². The summed E-state index contributed by atoms with van der Waals surface area (Å²) in [6, 6.07) is 7.71. The Hall–Kier alpha value is -0.620. The maximum atomic E-state index is 6.16. The Bertz CT molecular complexity index is 510. The molecule has 0 radical (unpaired) electrons. The molecule has 0 spiro atoms. The lowest BCUT2D eigenvalue weighted by atomic mass is 9.95. The van der Waals surface area contributed by atoms with Crippen molar-refractivity contribution in [3.63, 3.8) is 0 Å². The smallest absolute Gasteiger partial charge is 0.165 e. The zero-order valence-corrected chi connectivity index (χ0v) is 13.0. The minimum absolute atomic E-state index is 0.109. The molecule has 18 heavy (non-hydrogen) atoms. The predicted molar refractivity (Wildman–Crippen MR) is 82.5 cm³/mol. The first-order valence-corrected chi connectivity index (χ1v) is 7.11. The molecule has 0 saturated heterocycles. The molecular weight excluding hydrogens is 360 g/mol. The molecule has 1 aliphatic carbocycles. The van der Waals surface area contributed by atoms with Gasteiger partial charge in [0.05, 0.1) is 4.83 Å². The third-order valence-corrected chi connectivity index (χ3v) is 4.77. The summed E-state index contributed by atoms with van der Waals surface area (Å²) in [7, 11) is 1.59. The number of nitrogen functional groups attached to an aromatic ring is 1. The molecule has 2 atom stereocenters. The number of alkyl halides is 1. The van der Waals surface area contributed by atoms with Crippen molar-refractivity contribution in [2.75, 3.05) is 12.8 Å². The summed E-state index contributed by atoms with van der Waals surface area (Å²) < 4.78 is 6.16. The van der Waals surface area contributed by atoms with Crippen LogP contribution in [0.5, 0.6) is 0 Å². The average molecular weight is 374 g/mol. The molecule has 0 amide bonds. The third-order valence-electron chi connectivity index (χ3n) is 2.97. The van der Waals surface area contributed by atoms with Gasteiger partial charge in [-0.05, 0) is 29.3 Å². The van der Waals surface area contributed by atoms with Gasteiger partial charge in [-0.25, -0.2) is 0 Å². The number of allylic oxidation sites excluding steroid dienone is 2. The Kier molecular flexibility index (Phi) is 3.96. The van der Waals surface area contributed by atoms with Crippen LogP contribution >= 0.6 is 31.9 Å². The van der Waals surface area contributed by atoms with E-state index in [9.17, 15) is 0 Å². The molecule has 4 N–H and O–H groups in total. The zero-order valence-electron chi connectivity index (χ0n) is 9.86. The van der Waals surface area contributed by atoms with Crippen LogP contribution in [-0.4, -0.2) is 17.7 Å². The normalized spacial score (nSPS) is 27.7. The number of hydrogen-bond acceptors (Lipinski definition) is 3. The molecular formula is C13H14Br2N2O. The van der Waals surface area contributed by atoms with E-state index in [2.05, 4.69) is 31.9 Å². The van der Waals surface area contributed by atoms with Crippen LogP contribution in [-0.2, 0) is 4.74 Å². The molecule has 96 valence electrons. The van der Waals surface area contributed by atoms with Gasteiger partial charge < -0.3 is 10.5 Å². The van der Waals surface area contributed by atoms with Gasteiger partial charge in [0, 0.05) is 17.3 Å². The molecule has 0 fully saturated rings. The van der Waals surface area contributed by atoms with Crippen molar-refractivity contribution >= 4 is 43.1 Å². The summed E-state index contributed by atoms with van der Waals surface area (Å²) in [5, 5.41) is 0. The van der Waals surface area contributed by atoms with Crippen molar-refractivity contribution < 1.29 is 4.74 Å². The number of nitrogens with two attached hydrogens (primary N) is 2. The van der Waals surface area contributed by atoms with Crippen LogP contribution in [0.3, 0.4) is 0 Å². The minimum Gasteiger partial charge on any atom is -0.399 e. The van der Waals surface area contributed by atoms with Crippen LogP contribution in [0.1, 0.15) is 5.56 Å². The Morgan fingerprint density at radius 3 is 2.39 bits per heavy atom. The number of hydrogen-bond donors (Lipinski definition) is 2. The molecule has 5 heteroatoms. The molecule has 3 nitrogen and oxygen atoms in total. The summed E-state index contributed by atoms with van der Waals surface area (Å²) in [5.74, 6) is 0. The topological polar surface area (TPSA) is 61.3 Å². The number of anilines is 1. The van der Waals surface area contributed by atoms with Gasteiger partial charge in [0.2, 0.25) is 0 Å². The van der Waals surface area contributed by atoms with E-state index in [-0.39, 0.29) is 4.83 Å². The highest BCUT2D eigenvalue weighted by molar-refractivity contribution is 9.12. The largest absolute Gasteiger partial charge is 0.399 e. The number of halogens is 2. The number of ether oxygens (including phenoxy) is 1. The summed E-state index contributed by atoms with van der Waals surface area (Å²) in [5.41, 5.74) is 13.9. The number of benzene rings is 1. The Labute approximate surface area is 123 Å². The number of rotatable bonds is 2. The lowest BCUT2D eigenvalue weighted by molar-refractivity contribution is 0.0431. The molecule has 1 aromatic carbocycles. The summed E-state index contributed by atoms with van der Waals surface area (Å²) in [4.78, 5) is -0.109. The van der Waals surface area contributed by atoms with Crippen LogP contribution in [0, 0.1) is 0 Å². The standard InChI is InChI=1S/C13H14Br2N2O/c1-18-13(17)11(14)6-9(7-12(13)15)8-2-4-10(16)5-3-8/h2-7,11H,16-17H2,1H3. The van der Waals surface area contributed by atoms with Crippen molar-refractivity contribution in [2.24, 2.45) is 5.73 Å². The van der Waals surface area contributed by atoms with Crippen molar-refractivity contribution in [3.05, 3.63) is 46.5 Å². The second-order valence-corrected chi connectivity index (χ2v) is 5.98.